The second kappa shape index (κ2) is 12.8. The molecule has 0 aliphatic heterocycles. The van der Waals surface area contributed by atoms with Crippen LogP contribution in [0.2, 0.25) is 0 Å². The van der Waals surface area contributed by atoms with Crippen LogP contribution >= 0.6 is 0 Å². The number of nitrogens with zero attached hydrogens (tertiary/aromatic N) is 2. The summed E-state index contributed by atoms with van der Waals surface area (Å²) in [5.41, 5.74) is 21.4. The van der Waals surface area contributed by atoms with Crippen molar-refractivity contribution in [1.29, 1.82) is 0 Å². The van der Waals surface area contributed by atoms with Crippen molar-refractivity contribution in [3.8, 4) is 44.5 Å². The Kier molecular flexibility index (Phi) is 7.40. The SMILES string of the molecule is CC(C)n1c2ccc(-c3cc4ccc5cc(-c6ccc7c(c6)c6cc8c(cc6n7C(C)C)C(C)(C)c6ccccc6-8)cc6ccc(c3)c4c56)cc2c2cc3c(cc21)C(C)(C)c1ccccc1-3. The van der Waals surface area contributed by atoms with Crippen LogP contribution in [-0.4, -0.2) is 9.13 Å². The molecule has 0 fully saturated rings. The first kappa shape index (κ1) is 38.1. The number of hydrogen-bond acceptors (Lipinski definition) is 0. The van der Waals surface area contributed by atoms with Crippen LogP contribution in [0.3, 0.4) is 0 Å². The maximum Gasteiger partial charge on any atom is 0.0497 e. The van der Waals surface area contributed by atoms with E-state index in [-0.39, 0.29) is 10.8 Å². The standard InChI is InChI=1S/C64H52N2/c1-35(2)65-57-23-21-37(29-49(57)51-31-47-45-13-9-11-15-53(45)63(5,6)55(47)33-59(51)65)43-25-39-17-19-41-27-44(28-42-20-18-40(26-43)61(39)62(41)42)38-22-24-58-50(30-38)52-32-48-46-14-10-12-16-54(46)64(7,8)56(48)34-60(52)66(58)36(3)4/h9-36H,1-8H3. The number of aromatic nitrogens is 2. The molecule has 66 heavy (non-hydrogen) atoms. The highest BCUT2D eigenvalue weighted by Gasteiger charge is 2.37. The van der Waals surface area contributed by atoms with Crippen molar-refractivity contribution in [2.45, 2.75) is 78.3 Å². The third-order valence-corrected chi connectivity index (χ3v) is 16.2. The Morgan fingerprint density at radius 3 is 1.06 bits per heavy atom. The molecule has 0 spiro atoms. The van der Waals surface area contributed by atoms with Gasteiger partial charge in [-0.2, -0.15) is 0 Å². The number of benzene rings is 10. The summed E-state index contributed by atoms with van der Waals surface area (Å²) in [5.74, 6) is 0. The molecule has 0 N–H and O–H groups in total. The minimum atomic E-state index is -0.0357. The van der Waals surface area contributed by atoms with E-state index < -0.39 is 0 Å². The summed E-state index contributed by atoms with van der Waals surface area (Å²) >= 11 is 0. The second-order valence-corrected chi connectivity index (χ2v) is 21.3. The van der Waals surface area contributed by atoms with E-state index in [1.807, 2.05) is 0 Å². The molecule has 14 rings (SSSR count). The first-order chi connectivity index (χ1) is 31.9. The zero-order valence-corrected chi connectivity index (χ0v) is 39.1. The molecule has 0 saturated heterocycles. The summed E-state index contributed by atoms with van der Waals surface area (Å²) in [6.07, 6.45) is 0. The zero-order valence-electron chi connectivity index (χ0n) is 39.1. The predicted molar refractivity (Wildman–Crippen MR) is 283 cm³/mol. The van der Waals surface area contributed by atoms with Crippen LogP contribution in [0.25, 0.3) is 120 Å². The molecule has 12 aromatic rings. The average Bonchev–Trinajstić information content (AvgIpc) is 3.97. The number of rotatable bonds is 4. The van der Waals surface area contributed by atoms with E-state index in [0.29, 0.717) is 12.1 Å². The Morgan fingerprint density at radius 2 is 0.682 bits per heavy atom. The van der Waals surface area contributed by atoms with Crippen molar-refractivity contribution in [3.63, 3.8) is 0 Å². The molecule has 0 unspecified atom stereocenters. The molecule has 2 heterocycles. The smallest absolute Gasteiger partial charge is 0.0497 e. The second-order valence-electron chi connectivity index (χ2n) is 21.3. The molecule has 2 aliphatic carbocycles. The number of hydrogen-bond donors (Lipinski definition) is 0. The molecule has 0 amide bonds. The topological polar surface area (TPSA) is 9.86 Å². The quantitative estimate of drug-likeness (QED) is 0.156. The van der Waals surface area contributed by atoms with Gasteiger partial charge in [-0.15, -0.1) is 0 Å². The van der Waals surface area contributed by atoms with Gasteiger partial charge in [0.1, 0.15) is 0 Å². The van der Waals surface area contributed by atoms with Crippen molar-refractivity contribution >= 4 is 75.9 Å². The van der Waals surface area contributed by atoms with Crippen molar-refractivity contribution < 1.29 is 0 Å². The van der Waals surface area contributed by atoms with Gasteiger partial charge < -0.3 is 9.13 Å². The highest BCUT2D eigenvalue weighted by molar-refractivity contribution is 6.25. The molecule has 0 radical (unpaired) electrons. The van der Waals surface area contributed by atoms with Gasteiger partial charge in [-0.1, -0.05) is 113 Å². The summed E-state index contributed by atoms with van der Waals surface area (Å²) in [6, 6.07) is 62.0. The van der Waals surface area contributed by atoms with Crippen LogP contribution in [0.5, 0.6) is 0 Å². The molecule has 2 nitrogen and oxygen atoms in total. The summed E-state index contributed by atoms with van der Waals surface area (Å²) in [4.78, 5) is 0. The molecule has 318 valence electrons. The van der Waals surface area contributed by atoms with Crippen molar-refractivity contribution in [3.05, 3.63) is 180 Å². The highest BCUT2D eigenvalue weighted by Crippen LogP contribution is 2.53. The molecule has 0 bridgehead atoms. The lowest BCUT2D eigenvalue weighted by atomic mass is 9.82. The third-order valence-electron chi connectivity index (χ3n) is 16.2. The van der Waals surface area contributed by atoms with Gasteiger partial charge in [-0.05, 0) is 200 Å². The molecular weight excluding hydrogens is 797 g/mol. The summed E-state index contributed by atoms with van der Waals surface area (Å²) in [5, 5.41) is 13.2. The monoisotopic (exact) mass is 848 g/mol. The van der Waals surface area contributed by atoms with E-state index in [1.165, 1.54) is 143 Å². The van der Waals surface area contributed by atoms with E-state index in [9.17, 15) is 0 Å². The fourth-order valence-corrected chi connectivity index (χ4v) is 13.1. The summed E-state index contributed by atoms with van der Waals surface area (Å²) < 4.78 is 5.10. The average molecular weight is 849 g/mol. The lowest BCUT2D eigenvalue weighted by molar-refractivity contribution is 0.638. The normalized spacial score (nSPS) is 14.9. The highest BCUT2D eigenvalue weighted by atomic mass is 15.0. The first-order valence-corrected chi connectivity index (χ1v) is 24.0. The molecule has 2 aromatic heterocycles. The Hall–Kier alpha value is -7.16. The maximum absolute atomic E-state index is 2.55. The van der Waals surface area contributed by atoms with Crippen molar-refractivity contribution in [2.24, 2.45) is 0 Å². The molecule has 2 heteroatoms. The fraction of sp³-hybridized carbons (Fsp3) is 0.188. The Morgan fingerprint density at radius 1 is 0.318 bits per heavy atom. The minimum Gasteiger partial charge on any atom is -0.338 e. The van der Waals surface area contributed by atoms with Gasteiger partial charge in [0.2, 0.25) is 0 Å². The van der Waals surface area contributed by atoms with Crippen LogP contribution in [0, 0.1) is 0 Å². The summed E-state index contributed by atoms with van der Waals surface area (Å²) in [6.45, 7) is 18.8. The van der Waals surface area contributed by atoms with Gasteiger partial charge in [0.15, 0.2) is 0 Å². The van der Waals surface area contributed by atoms with Crippen LogP contribution in [0.15, 0.2) is 158 Å². The third kappa shape index (κ3) is 4.87. The fourth-order valence-electron chi connectivity index (χ4n) is 13.1. The van der Waals surface area contributed by atoms with Crippen LogP contribution in [0.1, 0.15) is 89.7 Å². The van der Waals surface area contributed by atoms with Gasteiger partial charge in [0.25, 0.3) is 0 Å². The van der Waals surface area contributed by atoms with Crippen LogP contribution in [0.4, 0.5) is 0 Å². The van der Waals surface area contributed by atoms with Crippen LogP contribution in [-0.2, 0) is 10.8 Å². The zero-order chi connectivity index (χ0) is 44.7. The molecule has 0 saturated carbocycles. The largest absolute Gasteiger partial charge is 0.338 e. The van der Waals surface area contributed by atoms with E-state index >= 15 is 0 Å². The lowest BCUT2D eigenvalue weighted by Gasteiger charge is -2.22. The molecule has 0 atom stereocenters. The first-order valence-electron chi connectivity index (χ1n) is 24.0. The van der Waals surface area contributed by atoms with Crippen LogP contribution < -0.4 is 0 Å². The van der Waals surface area contributed by atoms with Gasteiger partial charge in [-0.25, -0.2) is 0 Å². The maximum atomic E-state index is 2.55. The van der Waals surface area contributed by atoms with E-state index in [0.717, 1.165) is 0 Å². The van der Waals surface area contributed by atoms with E-state index in [2.05, 4.69) is 222 Å². The molecule has 2 aliphatic rings. The Bertz CT molecular complexity index is 3770. The summed E-state index contributed by atoms with van der Waals surface area (Å²) in [7, 11) is 0. The van der Waals surface area contributed by atoms with Crippen molar-refractivity contribution in [2.75, 3.05) is 0 Å². The van der Waals surface area contributed by atoms with Gasteiger partial charge >= 0.3 is 0 Å². The van der Waals surface area contributed by atoms with Gasteiger partial charge in [-0.3, -0.25) is 0 Å². The van der Waals surface area contributed by atoms with Crippen molar-refractivity contribution in [1.82, 2.24) is 9.13 Å². The van der Waals surface area contributed by atoms with E-state index in [4.69, 9.17) is 0 Å². The molecular formula is C64H52N2. The number of fused-ring (bicyclic) bond motifs is 12. The predicted octanol–water partition coefficient (Wildman–Crippen LogP) is 17.9. The molecule has 10 aromatic carbocycles. The van der Waals surface area contributed by atoms with Gasteiger partial charge in [0, 0.05) is 66.5 Å². The van der Waals surface area contributed by atoms with Gasteiger partial charge in [0.05, 0.1) is 0 Å². The lowest BCUT2D eigenvalue weighted by Crippen LogP contribution is -2.15. The Labute approximate surface area is 386 Å². The Balaban J connectivity index is 0.893. The van der Waals surface area contributed by atoms with E-state index in [1.54, 1.807) is 0 Å². The minimum absolute atomic E-state index is 0.0357.